The third kappa shape index (κ3) is 3.59. The fourth-order valence-electron chi connectivity index (χ4n) is 3.05. The molecule has 4 rings (SSSR count). The Hall–Kier alpha value is -3.26. The van der Waals surface area contributed by atoms with Gasteiger partial charge in [0.1, 0.15) is 6.33 Å². The van der Waals surface area contributed by atoms with Crippen LogP contribution in [0.4, 0.5) is 5.95 Å². The molecule has 4 aromatic rings. The van der Waals surface area contributed by atoms with Crippen molar-refractivity contribution in [1.29, 1.82) is 0 Å². The van der Waals surface area contributed by atoms with Gasteiger partial charge in [-0.1, -0.05) is 6.07 Å². The van der Waals surface area contributed by atoms with E-state index < -0.39 is 0 Å². The Morgan fingerprint density at radius 1 is 1.14 bits per heavy atom. The molecule has 8 heteroatoms. The molecule has 0 radical (unpaired) electrons. The fourth-order valence-corrected chi connectivity index (χ4v) is 3.05. The average Bonchev–Trinajstić information content (AvgIpc) is 3.13. The minimum Gasteiger partial charge on any atom is -0.480 e. The summed E-state index contributed by atoms with van der Waals surface area (Å²) in [5.74, 6) is 1.12. The molecule has 0 aliphatic carbocycles. The molecule has 0 aliphatic rings. The number of fused-ring (bicyclic) bond motifs is 2. The highest BCUT2D eigenvalue weighted by atomic mass is 16.5. The van der Waals surface area contributed by atoms with Crippen molar-refractivity contribution in [3.8, 4) is 17.0 Å². The van der Waals surface area contributed by atoms with Crippen LogP contribution in [0, 0.1) is 0 Å². The lowest BCUT2D eigenvalue weighted by Gasteiger charge is -2.09. The fraction of sp³-hybridized carbons (Fsp3) is 0.300. The van der Waals surface area contributed by atoms with Gasteiger partial charge in [0.15, 0.2) is 0 Å². The van der Waals surface area contributed by atoms with E-state index >= 15 is 0 Å². The van der Waals surface area contributed by atoms with Crippen molar-refractivity contribution in [3.05, 3.63) is 43.0 Å². The Morgan fingerprint density at radius 2 is 2.04 bits per heavy atom. The van der Waals surface area contributed by atoms with Gasteiger partial charge in [0.2, 0.25) is 11.8 Å². The van der Waals surface area contributed by atoms with Crippen LogP contribution in [0.1, 0.15) is 13.8 Å². The topological polar surface area (TPSA) is 86.5 Å². The average molecular weight is 378 g/mol. The lowest BCUT2D eigenvalue weighted by molar-refractivity contribution is 0.0869. The number of hydrogen-bond acceptors (Lipinski definition) is 7. The van der Waals surface area contributed by atoms with E-state index in [1.165, 1.54) is 6.33 Å². The van der Waals surface area contributed by atoms with Gasteiger partial charge in [-0.05, 0) is 37.6 Å². The highest BCUT2D eigenvalue weighted by Crippen LogP contribution is 2.30. The summed E-state index contributed by atoms with van der Waals surface area (Å²) in [6, 6.07) is 8.04. The molecule has 0 atom stereocenters. The Bertz CT molecular complexity index is 1110. The van der Waals surface area contributed by atoms with Crippen LogP contribution in [-0.2, 0) is 4.74 Å². The number of nitrogens with zero attached hydrogens (tertiary/aromatic N) is 5. The summed E-state index contributed by atoms with van der Waals surface area (Å²) >= 11 is 0. The Balaban J connectivity index is 1.62. The molecule has 1 aromatic carbocycles. The van der Waals surface area contributed by atoms with Gasteiger partial charge >= 0.3 is 0 Å². The first-order valence-corrected chi connectivity index (χ1v) is 9.14. The molecular weight excluding hydrogens is 356 g/mol. The molecule has 28 heavy (non-hydrogen) atoms. The van der Waals surface area contributed by atoms with E-state index in [-0.39, 0.29) is 6.10 Å². The van der Waals surface area contributed by atoms with E-state index in [2.05, 4.69) is 25.4 Å². The van der Waals surface area contributed by atoms with Crippen molar-refractivity contribution in [2.75, 3.05) is 25.6 Å². The van der Waals surface area contributed by atoms with Crippen molar-refractivity contribution in [3.63, 3.8) is 0 Å². The highest BCUT2D eigenvalue weighted by Gasteiger charge is 2.11. The van der Waals surface area contributed by atoms with Gasteiger partial charge in [-0.3, -0.25) is 0 Å². The second kappa shape index (κ2) is 7.77. The minimum atomic E-state index is 0.211. The molecule has 1 N–H and O–H groups in total. The molecule has 0 aliphatic heterocycles. The zero-order valence-electron chi connectivity index (χ0n) is 16.1. The first-order chi connectivity index (χ1) is 13.7. The summed E-state index contributed by atoms with van der Waals surface area (Å²) in [6.45, 7) is 5.29. The predicted molar refractivity (Wildman–Crippen MR) is 108 cm³/mol. The largest absolute Gasteiger partial charge is 0.480 e. The van der Waals surface area contributed by atoms with Gasteiger partial charge in [-0.15, -0.1) is 5.10 Å². The molecule has 3 heterocycles. The number of benzene rings is 1. The summed E-state index contributed by atoms with van der Waals surface area (Å²) in [5, 5.41) is 8.57. The van der Waals surface area contributed by atoms with E-state index in [0.29, 0.717) is 25.0 Å². The standard InChI is InChI=1S/C20H22N6O2/c1-13(2)28-9-7-21-20-22-11-18-15(6-8-26(18)25-20)14-4-5-17-16(10-14)19(27-3)24-12-23-17/h4-6,8,10-13H,7,9H2,1-3H3,(H,21,25). The zero-order chi connectivity index (χ0) is 19.5. The number of aromatic nitrogens is 5. The Kier molecular flexibility index (Phi) is 5.03. The number of rotatable bonds is 7. The van der Waals surface area contributed by atoms with Crippen LogP contribution in [-0.4, -0.2) is 50.9 Å². The zero-order valence-corrected chi connectivity index (χ0v) is 16.1. The Labute approximate surface area is 162 Å². The molecular formula is C20H22N6O2. The number of nitrogens with one attached hydrogen (secondary N) is 1. The summed E-state index contributed by atoms with van der Waals surface area (Å²) in [6.07, 6.45) is 5.45. The lowest BCUT2D eigenvalue weighted by atomic mass is 10.1. The SMILES string of the molecule is COc1ncnc2ccc(-c3ccn4nc(NCCOC(C)C)ncc34)cc12. The molecule has 0 bridgehead atoms. The monoisotopic (exact) mass is 378 g/mol. The summed E-state index contributed by atoms with van der Waals surface area (Å²) in [5.41, 5.74) is 3.81. The van der Waals surface area contributed by atoms with Crippen molar-refractivity contribution in [2.45, 2.75) is 20.0 Å². The van der Waals surface area contributed by atoms with Crippen molar-refractivity contribution in [1.82, 2.24) is 24.6 Å². The normalized spacial score (nSPS) is 11.4. The second-order valence-electron chi connectivity index (χ2n) is 6.60. The lowest BCUT2D eigenvalue weighted by Crippen LogP contribution is -2.15. The van der Waals surface area contributed by atoms with Gasteiger partial charge in [0.05, 0.1) is 42.4 Å². The van der Waals surface area contributed by atoms with Crippen LogP contribution in [0.2, 0.25) is 0 Å². The summed E-state index contributed by atoms with van der Waals surface area (Å²) in [7, 11) is 1.61. The molecule has 0 spiro atoms. The van der Waals surface area contributed by atoms with Crippen LogP contribution in [0.25, 0.3) is 27.5 Å². The number of methoxy groups -OCH3 is 1. The third-order valence-electron chi connectivity index (χ3n) is 4.36. The van der Waals surface area contributed by atoms with Gasteiger partial charge in [-0.25, -0.2) is 19.5 Å². The van der Waals surface area contributed by atoms with E-state index in [4.69, 9.17) is 9.47 Å². The second-order valence-corrected chi connectivity index (χ2v) is 6.60. The minimum absolute atomic E-state index is 0.211. The number of anilines is 1. The number of hydrogen-bond donors (Lipinski definition) is 1. The van der Waals surface area contributed by atoms with Crippen LogP contribution in [0.5, 0.6) is 5.88 Å². The molecule has 0 saturated carbocycles. The van der Waals surface area contributed by atoms with Crippen LogP contribution >= 0.6 is 0 Å². The first-order valence-electron chi connectivity index (χ1n) is 9.14. The molecule has 0 amide bonds. The van der Waals surface area contributed by atoms with E-state index in [1.54, 1.807) is 7.11 Å². The Morgan fingerprint density at radius 3 is 2.86 bits per heavy atom. The predicted octanol–water partition coefficient (Wildman–Crippen LogP) is 3.19. The third-order valence-corrected chi connectivity index (χ3v) is 4.36. The molecule has 0 fully saturated rings. The molecule has 3 aromatic heterocycles. The highest BCUT2D eigenvalue weighted by molar-refractivity contribution is 5.91. The quantitative estimate of drug-likeness (QED) is 0.494. The maximum absolute atomic E-state index is 5.52. The van der Waals surface area contributed by atoms with E-state index in [9.17, 15) is 0 Å². The molecule has 0 saturated heterocycles. The van der Waals surface area contributed by atoms with Crippen molar-refractivity contribution >= 4 is 22.4 Å². The van der Waals surface area contributed by atoms with Crippen LogP contribution in [0.15, 0.2) is 43.0 Å². The van der Waals surface area contributed by atoms with Gasteiger partial charge < -0.3 is 14.8 Å². The van der Waals surface area contributed by atoms with Gasteiger partial charge in [0, 0.05) is 18.3 Å². The maximum Gasteiger partial charge on any atom is 0.241 e. The van der Waals surface area contributed by atoms with Gasteiger partial charge in [-0.2, -0.15) is 0 Å². The van der Waals surface area contributed by atoms with Gasteiger partial charge in [0.25, 0.3) is 0 Å². The first kappa shape index (κ1) is 18.1. The number of ether oxygens (including phenoxy) is 2. The molecule has 0 unspecified atom stereocenters. The van der Waals surface area contributed by atoms with E-state index in [1.807, 2.05) is 55.0 Å². The summed E-state index contributed by atoms with van der Waals surface area (Å²) in [4.78, 5) is 12.9. The van der Waals surface area contributed by atoms with Crippen molar-refractivity contribution < 1.29 is 9.47 Å². The van der Waals surface area contributed by atoms with Crippen LogP contribution in [0.3, 0.4) is 0 Å². The van der Waals surface area contributed by atoms with E-state index in [0.717, 1.165) is 27.5 Å². The van der Waals surface area contributed by atoms with Crippen molar-refractivity contribution in [2.24, 2.45) is 0 Å². The summed E-state index contributed by atoms with van der Waals surface area (Å²) < 4.78 is 12.7. The molecule has 144 valence electrons. The smallest absolute Gasteiger partial charge is 0.241 e. The molecule has 8 nitrogen and oxygen atoms in total. The van der Waals surface area contributed by atoms with Crippen LogP contribution < -0.4 is 10.1 Å². The maximum atomic E-state index is 5.52.